The first kappa shape index (κ1) is 33.5. The topological polar surface area (TPSA) is 146 Å². The minimum atomic E-state index is -1.97. The summed E-state index contributed by atoms with van der Waals surface area (Å²) in [5, 5.41) is 23.5. The van der Waals surface area contributed by atoms with Gasteiger partial charge in [0.25, 0.3) is 0 Å². The summed E-state index contributed by atoms with van der Waals surface area (Å²) in [6.07, 6.45) is 4.98. The monoisotopic (exact) mass is 688 g/mol. The highest BCUT2D eigenvalue weighted by atomic mass is 35.5. The zero-order chi connectivity index (χ0) is 33.0. The molecule has 46 heavy (non-hydrogen) atoms. The lowest BCUT2D eigenvalue weighted by molar-refractivity contribution is 0.0970. The van der Waals surface area contributed by atoms with Gasteiger partial charge in [-0.3, -0.25) is 0 Å². The van der Waals surface area contributed by atoms with Gasteiger partial charge in [0.15, 0.2) is 14.1 Å². The summed E-state index contributed by atoms with van der Waals surface area (Å²) in [6.45, 7) is 14.9. The van der Waals surface area contributed by atoms with E-state index in [0.717, 1.165) is 53.7 Å². The van der Waals surface area contributed by atoms with Gasteiger partial charge in [0, 0.05) is 29.8 Å². The van der Waals surface area contributed by atoms with Crippen LogP contribution in [0.3, 0.4) is 0 Å². The lowest BCUT2D eigenvalue weighted by Gasteiger charge is -2.42. The van der Waals surface area contributed by atoms with Crippen molar-refractivity contribution in [2.45, 2.75) is 113 Å². The number of hydrogen-bond donors (Lipinski definition) is 4. The number of ether oxygens (including phenoxy) is 1. The van der Waals surface area contributed by atoms with Gasteiger partial charge in [0.2, 0.25) is 0 Å². The lowest BCUT2D eigenvalue weighted by Crippen LogP contribution is -2.54. The molecule has 1 aliphatic carbocycles. The highest BCUT2D eigenvalue weighted by molar-refractivity contribution is 7.99. The van der Waals surface area contributed by atoms with Gasteiger partial charge >= 0.3 is 6.09 Å². The number of H-pyrrole nitrogens is 1. The minimum absolute atomic E-state index is 0.0211. The fourth-order valence-corrected chi connectivity index (χ4v) is 9.29. The summed E-state index contributed by atoms with van der Waals surface area (Å²) in [4.78, 5) is 32.3. The minimum Gasteiger partial charge on any atom is -0.465 e. The van der Waals surface area contributed by atoms with Crippen LogP contribution in [0.1, 0.15) is 76.4 Å². The number of carbonyl (C=O) groups is 1. The summed E-state index contributed by atoms with van der Waals surface area (Å²) in [6, 6.07) is 1.77. The number of fused-ring (bicyclic) bond motifs is 3. The van der Waals surface area contributed by atoms with Crippen molar-refractivity contribution in [1.29, 1.82) is 0 Å². The van der Waals surface area contributed by atoms with E-state index in [-0.39, 0.29) is 35.3 Å². The molecular weight excluding hydrogens is 644 g/mol. The van der Waals surface area contributed by atoms with Gasteiger partial charge in [-0.05, 0) is 63.2 Å². The van der Waals surface area contributed by atoms with E-state index in [0.29, 0.717) is 41.4 Å². The molecule has 0 bridgehead atoms. The fraction of sp³-hybridized carbons (Fsp3) is 0.625. The fourth-order valence-electron chi connectivity index (χ4n) is 6.94. The molecule has 3 aromatic rings. The third-order valence-electron chi connectivity index (χ3n) is 10.5. The molecule has 0 aromatic carbocycles. The van der Waals surface area contributed by atoms with E-state index in [1.807, 2.05) is 13.0 Å². The molecule has 2 saturated heterocycles. The van der Waals surface area contributed by atoms with Crippen molar-refractivity contribution in [2.24, 2.45) is 5.41 Å². The number of hydrogen-bond acceptors (Lipinski definition) is 9. The van der Waals surface area contributed by atoms with Crippen molar-refractivity contribution in [1.82, 2.24) is 25.3 Å². The Hall–Kier alpha value is -2.42. The number of aryl methyl sites for hydroxylation is 1. The van der Waals surface area contributed by atoms with Crippen molar-refractivity contribution >= 4 is 54.6 Å². The van der Waals surface area contributed by atoms with E-state index in [4.69, 9.17) is 35.7 Å². The van der Waals surface area contributed by atoms with Crippen LogP contribution in [0.5, 0.6) is 0 Å². The Balaban J connectivity index is 1.20. The first-order valence-corrected chi connectivity index (χ1v) is 20.2. The van der Waals surface area contributed by atoms with Crippen LogP contribution in [0.25, 0.3) is 11.0 Å². The first-order valence-electron chi connectivity index (χ1n) is 16.1. The molecule has 3 aliphatic rings. The van der Waals surface area contributed by atoms with Gasteiger partial charge in [-0.25, -0.2) is 19.7 Å². The molecule has 6 rings (SSSR count). The third kappa shape index (κ3) is 6.26. The number of halogens is 1. The Morgan fingerprint density at radius 1 is 1.30 bits per heavy atom. The Morgan fingerprint density at radius 3 is 2.72 bits per heavy atom. The van der Waals surface area contributed by atoms with E-state index in [2.05, 4.69) is 49.1 Å². The smallest absolute Gasteiger partial charge is 0.404 e. The number of aromatic nitrogens is 4. The Bertz CT molecular complexity index is 1620. The number of nitrogens with zero attached hydrogens (tertiary/aromatic N) is 4. The van der Waals surface area contributed by atoms with Crippen molar-refractivity contribution in [3.63, 3.8) is 0 Å². The standard InChI is InChI=1S/C32H45ClN6O5SSi/c1-18-27(38-30(41)42)32(17-43-18)10-12-39(13-11-32)29-21(16-40)35-24(15-34-29)45-23-14-20-25(37-28(23)33)19-8-7-9-22(26(19)36-20)44-46(5,6)31(2,3)4/h14-15,18,22,27,36,38,40H,7-13,16-17H2,1-6H3,(H,41,42)/t18-,22?,27+/m0/s1. The van der Waals surface area contributed by atoms with Gasteiger partial charge in [0.05, 0.1) is 53.6 Å². The molecule has 3 aromatic heterocycles. The molecule has 3 atom stereocenters. The molecule has 1 unspecified atom stereocenters. The number of carboxylic acid groups (broad SMARTS) is 1. The van der Waals surface area contributed by atoms with Gasteiger partial charge in [-0.2, -0.15) is 0 Å². The number of nitrogens with one attached hydrogen (secondary N) is 2. The molecule has 2 aliphatic heterocycles. The molecule has 14 heteroatoms. The summed E-state index contributed by atoms with van der Waals surface area (Å²) < 4.78 is 12.7. The first-order chi connectivity index (χ1) is 21.7. The maximum Gasteiger partial charge on any atom is 0.404 e. The highest BCUT2D eigenvalue weighted by Crippen LogP contribution is 2.46. The predicted octanol–water partition coefficient (Wildman–Crippen LogP) is 6.69. The molecule has 0 radical (unpaired) electrons. The Morgan fingerprint density at radius 2 is 2.04 bits per heavy atom. The van der Waals surface area contributed by atoms with E-state index in [1.54, 1.807) is 6.20 Å². The van der Waals surface area contributed by atoms with Crippen molar-refractivity contribution < 1.29 is 24.2 Å². The molecule has 5 heterocycles. The maximum atomic E-state index is 11.4. The zero-order valence-corrected chi connectivity index (χ0v) is 30.0. The number of piperidine rings is 1. The Kier molecular flexibility index (Phi) is 9.13. The second-order valence-corrected chi connectivity index (χ2v) is 20.7. The average Bonchev–Trinajstić information content (AvgIpc) is 3.50. The third-order valence-corrected chi connectivity index (χ3v) is 16.4. The number of anilines is 1. The quantitative estimate of drug-likeness (QED) is 0.156. The van der Waals surface area contributed by atoms with Crippen LogP contribution in [0.2, 0.25) is 23.3 Å². The Labute approximate surface area is 280 Å². The number of pyridine rings is 1. The number of amides is 1. The second kappa shape index (κ2) is 12.6. The average molecular weight is 689 g/mol. The number of aliphatic hydroxyl groups excluding tert-OH is 1. The van der Waals surface area contributed by atoms with Crippen molar-refractivity contribution in [3.05, 3.63) is 34.4 Å². The zero-order valence-electron chi connectivity index (χ0n) is 27.4. The van der Waals surface area contributed by atoms with Gasteiger partial charge in [-0.15, -0.1) is 0 Å². The number of aromatic amines is 1. The number of rotatable bonds is 7. The summed E-state index contributed by atoms with van der Waals surface area (Å²) in [5.41, 5.74) is 4.38. The predicted molar refractivity (Wildman–Crippen MR) is 181 cm³/mol. The van der Waals surface area contributed by atoms with Gasteiger partial charge in [-0.1, -0.05) is 44.1 Å². The molecule has 250 valence electrons. The summed E-state index contributed by atoms with van der Waals surface area (Å²) in [7, 11) is -1.97. The second-order valence-electron chi connectivity index (χ2n) is 14.5. The largest absolute Gasteiger partial charge is 0.465 e. The van der Waals surface area contributed by atoms with Crippen LogP contribution in [0.4, 0.5) is 10.6 Å². The van der Waals surface area contributed by atoms with E-state index >= 15 is 0 Å². The van der Waals surface area contributed by atoms with E-state index < -0.39 is 14.4 Å². The molecular formula is C32H45ClN6O5SSi. The molecule has 11 nitrogen and oxygen atoms in total. The highest BCUT2D eigenvalue weighted by Gasteiger charge is 2.50. The lowest BCUT2D eigenvalue weighted by atomic mass is 9.73. The number of aliphatic hydroxyl groups is 1. The SMILES string of the molecule is C[C@@H]1OCC2(CCN(c3ncc(Sc4cc5[nH]c6c(c5nc4Cl)CCCC6O[Si](C)(C)C(C)(C)C)nc3CO)CC2)[C@@H]1NC(=O)O. The van der Waals surface area contributed by atoms with E-state index in [1.165, 1.54) is 17.3 Å². The van der Waals surface area contributed by atoms with Crippen molar-refractivity contribution in [2.75, 3.05) is 24.6 Å². The van der Waals surface area contributed by atoms with Crippen LogP contribution >= 0.6 is 23.4 Å². The van der Waals surface area contributed by atoms with Crippen LogP contribution in [0.15, 0.2) is 22.2 Å². The van der Waals surface area contributed by atoms with Crippen LogP contribution < -0.4 is 10.2 Å². The van der Waals surface area contributed by atoms with Gasteiger partial charge in [0.1, 0.15) is 15.9 Å². The molecule has 1 amide bonds. The molecule has 2 fully saturated rings. The van der Waals surface area contributed by atoms with E-state index in [9.17, 15) is 15.0 Å². The van der Waals surface area contributed by atoms with Crippen LogP contribution in [-0.4, -0.2) is 76.4 Å². The normalized spacial score (nSPS) is 23.2. The van der Waals surface area contributed by atoms with Crippen LogP contribution in [-0.2, 0) is 22.2 Å². The maximum absolute atomic E-state index is 11.4. The van der Waals surface area contributed by atoms with Gasteiger partial charge < -0.3 is 34.6 Å². The van der Waals surface area contributed by atoms with Crippen molar-refractivity contribution in [3.8, 4) is 0 Å². The molecule has 4 N–H and O–H groups in total. The summed E-state index contributed by atoms with van der Waals surface area (Å²) in [5.74, 6) is 0.640. The van der Waals surface area contributed by atoms with Crippen LogP contribution in [0, 0.1) is 5.41 Å². The molecule has 1 spiro atoms. The summed E-state index contributed by atoms with van der Waals surface area (Å²) >= 11 is 8.14. The molecule has 0 saturated carbocycles.